The van der Waals surface area contributed by atoms with Gasteiger partial charge in [0.2, 0.25) is 0 Å². The number of thiophene rings is 1. The Morgan fingerprint density at radius 2 is 2.00 bits per heavy atom. The molecule has 20 heavy (non-hydrogen) atoms. The van der Waals surface area contributed by atoms with E-state index in [9.17, 15) is 0 Å². The number of hydrogen-bond donors (Lipinski definition) is 1. The van der Waals surface area contributed by atoms with Gasteiger partial charge in [0.15, 0.2) is 0 Å². The Balaban J connectivity index is 0.00000147. The number of halogens is 1. The quantitative estimate of drug-likeness (QED) is 0.932. The number of nitrogens with zero attached hydrogens (tertiary/aromatic N) is 1. The molecule has 2 nitrogen and oxygen atoms in total. The molecule has 1 aromatic heterocycles. The van der Waals surface area contributed by atoms with Gasteiger partial charge in [0.1, 0.15) is 0 Å². The van der Waals surface area contributed by atoms with Crippen LogP contribution < -0.4 is 5.73 Å². The minimum absolute atomic E-state index is 0. The summed E-state index contributed by atoms with van der Waals surface area (Å²) in [6, 6.07) is 9.07. The first-order valence-electron chi connectivity index (χ1n) is 7.17. The second kappa shape index (κ2) is 6.90. The second-order valence-corrected chi connectivity index (χ2v) is 6.64. The lowest BCUT2D eigenvalue weighted by Crippen LogP contribution is -2.39. The fourth-order valence-electron chi connectivity index (χ4n) is 3.03. The van der Waals surface area contributed by atoms with Crippen LogP contribution >= 0.6 is 23.7 Å². The normalized spacial score (nSPS) is 18.9. The molecule has 0 amide bonds. The Labute approximate surface area is 131 Å². The highest BCUT2D eigenvalue weighted by Gasteiger charge is 2.22. The molecule has 1 saturated heterocycles. The highest BCUT2D eigenvalue weighted by molar-refractivity contribution is 7.17. The molecule has 2 N–H and O–H groups in total. The first kappa shape index (κ1) is 15.8. The van der Waals surface area contributed by atoms with E-state index in [1.807, 2.05) is 11.3 Å². The standard InChI is InChI=1S/C16H22N2S.ClH/c1-12(17)13-6-8-18(9-7-13)10-14-11-19-16-5-3-2-4-15(14)16;/h2-5,11-13H,6-10,17H2,1H3;1H. The van der Waals surface area contributed by atoms with Crippen molar-refractivity contribution in [2.45, 2.75) is 32.4 Å². The van der Waals surface area contributed by atoms with Crippen molar-refractivity contribution in [3.8, 4) is 0 Å². The van der Waals surface area contributed by atoms with Crippen LogP contribution in [0, 0.1) is 5.92 Å². The number of rotatable bonds is 3. The molecule has 110 valence electrons. The first-order valence-corrected chi connectivity index (χ1v) is 8.05. The summed E-state index contributed by atoms with van der Waals surface area (Å²) in [7, 11) is 0. The molecule has 0 bridgehead atoms. The topological polar surface area (TPSA) is 29.3 Å². The number of fused-ring (bicyclic) bond motifs is 1. The predicted octanol–water partition coefficient (Wildman–Crippen LogP) is 3.88. The zero-order valence-electron chi connectivity index (χ0n) is 11.9. The Morgan fingerprint density at radius 1 is 1.30 bits per heavy atom. The van der Waals surface area contributed by atoms with Crippen molar-refractivity contribution in [1.29, 1.82) is 0 Å². The van der Waals surface area contributed by atoms with Crippen molar-refractivity contribution in [3.05, 3.63) is 35.2 Å². The Morgan fingerprint density at radius 3 is 2.70 bits per heavy atom. The number of piperidine rings is 1. The van der Waals surface area contributed by atoms with Gasteiger partial charge in [-0.05, 0) is 61.2 Å². The van der Waals surface area contributed by atoms with Gasteiger partial charge in [-0.3, -0.25) is 4.90 Å². The van der Waals surface area contributed by atoms with Crippen LogP contribution in [0.4, 0.5) is 0 Å². The Kier molecular flexibility index (Phi) is 5.44. The molecule has 0 spiro atoms. The number of hydrogen-bond acceptors (Lipinski definition) is 3. The summed E-state index contributed by atoms with van der Waals surface area (Å²) in [5, 5.41) is 3.75. The van der Waals surface area contributed by atoms with Crippen molar-refractivity contribution in [2.75, 3.05) is 13.1 Å². The van der Waals surface area contributed by atoms with Crippen LogP contribution in [0.2, 0.25) is 0 Å². The highest BCUT2D eigenvalue weighted by Crippen LogP contribution is 2.28. The molecule has 1 aromatic carbocycles. The van der Waals surface area contributed by atoms with Gasteiger partial charge in [0.05, 0.1) is 0 Å². The van der Waals surface area contributed by atoms with E-state index in [1.54, 1.807) is 0 Å². The van der Waals surface area contributed by atoms with E-state index in [-0.39, 0.29) is 12.4 Å². The number of likely N-dealkylation sites (tertiary alicyclic amines) is 1. The molecule has 0 radical (unpaired) electrons. The summed E-state index contributed by atoms with van der Waals surface area (Å²) in [6.07, 6.45) is 2.50. The summed E-state index contributed by atoms with van der Waals surface area (Å²) < 4.78 is 1.41. The van der Waals surface area contributed by atoms with Crippen LogP contribution in [0.15, 0.2) is 29.6 Å². The van der Waals surface area contributed by atoms with Gasteiger partial charge in [0, 0.05) is 17.3 Å². The van der Waals surface area contributed by atoms with Gasteiger partial charge in [-0.15, -0.1) is 23.7 Å². The molecule has 1 aliphatic rings. The van der Waals surface area contributed by atoms with E-state index in [4.69, 9.17) is 5.73 Å². The van der Waals surface area contributed by atoms with E-state index in [2.05, 4.69) is 41.5 Å². The lowest BCUT2D eigenvalue weighted by Gasteiger charge is -2.33. The van der Waals surface area contributed by atoms with Crippen molar-refractivity contribution in [3.63, 3.8) is 0 Å². The van der Waals surface area contributed by atoms with E-state index >= 15 is 0 Å². The smallest absolute Gasteiger partial charge is 0.0346 e. The van der Waals surface area contributed by atoms with Gasteiger partial charge < -0.3 is 5.73 Å². The fraction of sp³-hybridized carbons (Fsp3) is 0.500. The zero-order valence-corrected chi connectivity index (χ0v) is 13.6. The van der Waals surface area contributed by atoms with Crippen molar-refractivity contribution < 1.29 is 0 Å². The van der Waals surface area contributed by atoms with Crippen LogP contribution in [0.3, 0.4) is 0 Å². The third-order valence-electron chi connectivity index (χ3n) is 4.33. The minimum Gasteiger partial charge on any atom is -0.328 e. The maximum atomic E-state index is 6.01. The Hall–Kier alpha value is -0.610. The summed E-state index contributed by atoms with van der Waals surface area (Å²) >= 11 is 1.86. The van der Waals surface area contributed by atoms with E-state index in [1.165, 1.54) is 41.6 Å². The monoisotopic (exact) mass is 310 g/mol. The molecule has 0 aliphatic carbocycles. The highest BCUT2D eigenvalue weighted by atomic mass is 35.5. The molecule has 1 aliphatic heterocycles. The van der Waals surface area contributed by atoms with E-state index in [0.717, 1.165) is 12.5 Å². The van der Waals surface area contributed by atoms with Crippen LogP contribution in [0.1, 0.15) is 25.3 Å². The summed E-state index contributed by atoms with van der Waals surface area (Å²) in [5.74, 6) is 0.718. The van der Waals surface area contributed by atoms with Crippen molar-refractivity contribution in [1.82, 2.24) is 4.90 Å². The van der Waals surface area contributed by atoms with Gasteiger partial charge >= 0.3 is 0 Å². The SMILES string of the molecule is CC(N)C1CCN(Cc2csc3ccccc23)CC1.Cl. The molecule has 4 heteroatoms. The third-order valence-corrected chi connectivity index (χ3v) is 5.34. The van der Waals surface area contributed by atoms with Crippen LogP contribution in [-0.4, -0.2) is 24.0 Å². The molecule has 2 aromatic rings. The molecular formula is C16H23ClN2S. The van der Waals surface area contributed by atoms with Gasteiger partial charge in [-0.2, -0.15) is 0 Å². The summed E-state index contributed by atoms with van der Waals surface area (Å²) in [6.45, 7) is 5.62. The van der Waals surface area contributed by atoms with Crippen molar-refractivity contribution >= 4 is 33.8 Å². The molecule has 2 heterocycles. The molecule has 1 unspecified atom stereocenters. The summed E-state index contributed by atoms with van der Waals surface area (Å²) in [5.41, 5.74) is 7.49. The minimum atomic E-state index is 0. The van der Waals surface area contributed by atoms with Crippen LogP contribution in [-0.2, 0) is 6.54 Å². The maximum Gasteiger partial charge on any atom is 0.0346 e. The first-order chi connectivity index (χ1) is 9.24. The lowest BCUT2D eigenvalue weighted by molar-refractivity contribution is 0.166. The largest absolute Gasteiger partial charge is 0.328 e. The van der Waals surface area contributed by atoms with E-state index < -0.39 is 0 Å². The van der Waals surface area contributed by atoms with Gasteiger partial charge in [0.25, 0.3) is 0 Å². The average Bonchev–Trinajstić information content (AvgIpc) is 2.83. The molecule has 3 rings (SSSR count). The molecule has 1 fully saturated rings. The van der Waals surface area contributed by atoms with Crippen molar-refractivity contribution in [2.24, 2.45) is 11.7 Å². The third kappa shape index (κ3) is 3.34. The fourth-order valence-corrected chi connectivity index (χ4v) is 3.99. The molecular weight excluding hydrogens is 288 g/mol. The second-order valence-electron chi connectivity index (χ2n) is 5.73. The molecule has 0 saturated carbocycles. The zero-order chi connectivity index (χ0) is 13.2. The van der Waals surface area contributed by atoms with Gasteiger partial charge in [-0.25, -0.2) is 0 Å². The van der Waals surface area contributed by atoms with Gasteiger partial charge in [-0.1, -0.05) is 18.2 Å². The van der Waals surface area contributed by atoms with Crippen LogP contribution in [0.5, 0.6) is 0 Å². The average molecular weight is 311 g/mol. The Bertz CT molecular complexity index is 544. The predicted molar refractivity (Wildman–Crippen MR) is 90.7 cm³/mol. The van der Waals surface area contributed by atoms with Crippen LogP contribution in [0.25, 0.3) is 10.1 Å². The number of benzene rings is 1. The number of nitrogens with two attached hydrogens (primary N) is 1. The van der Waals surface area contributed by atoms with E-state index in [0.29, 0.717) is 6.04 Å². The lowest BCUT2D eigenvalue weighted by atomic mass is 9.91. The molecule has 1 atom stereocenters. The maximum absolute atomic E-state index is 6.01. The summed E-state index contributed by atoms with van der Waals surface area (Å²) in [4.78, 5) is 2.58.